The number of carboxylic acids is 1. The van der Waals surface area contributed by atoms with Crippen molar-refractivity contribution in [3.05, 3.63) is 0 Å². The van der Waals surface area contributed by atoms with Gasteiger partial charge in [0.1, 0.15) is 6.04 Å². The fourth-order valence-electron chi connectivity index (χ4n) is 2.40. The van der Waals surface area contributed by atoms with Crippen molar-refractivity contribution in [3.8, 4) is 0 Å². The summed E-state index contributed by atoms with van der Waals surface area (Å²) in [6, 6.07) is -0.449. The minimum atomic E-state index is -0.849. The van der Waals surface area contributed by atoms with E-state index in [0.29, 0.717) is 32.2 Å². The van der Waals surface area contributed by atoms with Gasteiger partial charge in [0.05, 0.1) is 5.92 Å². The van der Waals surface area contributed by atoms with Crippen LogP contribution in [-0.4, -0.2) is 46.9 Å². The summed E-state index contributed by atoms with van der Waals surface area (Å²) in [4.78, 5) is 35.5. The molecule has 0 aromatic carbocycles. The highest BCUT2D eigenvalue weighted by atomic mass is 16.4. The Morgan fingerprint density at radius 2 is 2.12 bits per heavy atom. The molecular weight excluding hydrogens is 224 g/mol. The lowest BCUT2D eigenvalue weighted by molar-refractivity contribution is -0.146. The van der Waals surface area contributed by atoms with Gasteiger partial charge in [0.15, 0.2) is 0 Å². The Morgan fingerprint density at radius 3 is 2.71 bits per heavy atom. The van der Waals surface area contributed by atoms with Crippen molar-refractivity contribution in [1.29, 1.82) is 0 Å². The fourth-order valence-corrected chi connectivity index (χ4v) is 2.40. The molecule has 2 saturated heterocycles. The second kappa shape index (κ2) is 4.73. The van der Waals surface area contributed by atoms with E-state index in [1.54, 1.807) is 4.90 Å². The molecule has 2 aliphatic rings. The zero-order chi connectivity index (χ0) is 12.4. The average Bonchev–Trinajstić information content (AvgIpc) is 2.75. The molecule has 2 amide bonds. The Labute approximate surface area is 99.0 Å². The third-order valence-electron chi connectivity index (χ3n) is 3.38. The summed E-state index contributed by atoms with van der Waals surface area (Å²) in [6.07, 6.45) is 2.23. The number of likely N-dealkylation sites (tertiary alicyclic amines) is 1. The molecule has 0 radical (unpaired) electrons. The van der Waals surface area contributed by atoms with E-state index in [0.717, 1.165) is 0 Å². The summed E-state index contributed by atoms with van der Waals surface area (Å²) in [5, 5.41) is 11.6. The lowest BCUT2D eigenvalue weighted by Gasteiger charge is -2.32. The Kier molecular flexibility index (Phi) is 3.31. The highest BCUT2D eigenvalue weighted by Gasteiger charge is 2.34. The molecule has 94 valence electrons. The SMILES string of the molecule is O=C1CCC(C(=O)N2CCC[C@@H](C(=O)O)C2)N1. The first-order chi connectivity index (χ1) is 8.08. The first kappa shape index (κ1) is 11.9. The van der Waals surface area contributed by atoms with Gasteiger partial charge in [0.2, 0.25) is 11.8 Å². The molecule has 0 spiro atoms. The molecule has 17 heavy (non-hydrogen) atoms. The molecule has 0 aliphatic carbocycles. The summed E-state index contributed by atoms with van der Waals surface area (Å²) >= 11 is 0. The van der Waals surface area contributed by atoms with E-state index in [1.165, 1.54) is 0 Å². The minimum Gasteiger partial charge on any atom is -0.481 e. The first-order valence-corrected chi connectivity index (χ1v) is 5.89. The summed E-state index contributed by atoms with van der Waals surface area (Å²) in [6.45, 7) is 0.857. The van der Waals surface area contributed by atoms with E-state index < -0.39 is 17.9 Å². The number of nitrogens with one attached hydrogen (secondary N) is 1. The van der Waals surface area contributed by atoms with E-state index in [1.807, 2.05) is 0 Å². The van der Waals surface area contributed by atoms with Gasteiger partial charge in [0.25, 0.3) is 0 Å². The third kappa shape index (κ3) is 2.57. The van der Waals surface area contributed by atoms with E-state index in [4.69, 9.17) is 5.11 Å². The minimum absolute atomic E-state index is 0.102. The normalized spacial score (nSPS) is 28.9. The number of hydrogen-bond acceptors (Lipinski definition) is 3. The van der Waals surface area contributed by atoms with Crippen LogP contribution in [0.3, 0.4) is 0 Å². The van der Waals surface area contributed by atoms with Crippen molar-refractivity contribution in [2.45, 2.75) is 31.7 Å². The number of nitrogens with zero attached hydrogens (tertiary/aromatic N) is 1. The third-order valence-corrected chi connectivity index (χ3v) is 3.38. The van der Waals surface area contributed by atoms with Crippen LogP contribution in [0.2, 0.25) is 0 Å². The molecule has 0 saturated carbocycles. The van der Waals surface area contributed by atoms with Crippen LogP contribution >= 0.6 is 0 Å². The van der Waals surface area contributed by atoms with Gasteiger partial charge < -0.3 is 15.3 Å². The van der Waals surface area contributed by atoms with Crippen LogP contribution in [0, 0.1) is 5.92 Å². The van der Waals surface area contributed by atoms with Crippen LogP contribution in [0.4, 0.5) is 0 Å². The summed E-state index contributed by atoms with van der Waals surface area (Å²) in [5.74, 6) is -1.56. The van der Waals surface area contributed by atoms with Crippen molar-refractivity contribution in [2.75, 3.05) is 13.1 Å². The van der Waals surface area contributed by atoms with Crippen molar-refractivity contribution >= 4 is 17.8 Å². The zero-order valence-electron chi connectivity index (χ0n) is 9.52. The monoisotopic (exact) mass is 240 g/mol. The van der Waals surface area contributed by atoms with Crippen LogP contribution in [0.25, 0.3) is 0 Å². The molecule has 6 heteroatoms. The van der Waals surface area contributed by atoms with Crippen LogP contribution < -0.4 is 5.32 Å². The molecule has 2 fully saturated rings. The van der Waals surface area contributed by atoms with Crippen LogP contribution in [0.1, 0.15) is 25.7 Å². The molecule has 1 unspecified atom stereocenters. The van der Waals surface area contributed by atoms with Gasteiger partial charge in [-0.3, -0.25) is 14.4 Å². The zero-order valence-corrected chi connectivity index (χ0v) is 9.52. The van der Waals surface area contributed by atoms with Crippen LogP contribution in [-0.2, 0) is 14.4 Å². The predicted octanol–water partition coefficient (Wildman–Crippen LogP) is -0.412. The highest BCUT2D eigenvalue weighted by Crippen LogP contribution is 2.19. The van der Waals surface area contributed by atoms with Gasteiger partial charge in [-0.25, -0.2) is 0 Å². The summed E-state index contributed by atoms with van der Waals surface area (Å²) in [5.41, 5.74) is 0. The number of carbonyl (C=O) groups excluding carboxylic acids is 2. The molecule has 2 aliphatic heterocycles. The maximum absolute atomic E-state index is 12.0. The maximum Gasteiger partial charge on any atom is 0.308 e. The lowest BCUT2D eigenvalue weighted by atomic mass is 9.97. The van der Waals surface area contributed by atoms with Gasteiger partial charge in [-0.2, -0.15) is 0 Å². The number of hydrogen-bond donors (Lipinski definition) is 2. The fraction of sp³-hybridized carbons (Fsp3) is 0.727. The Balaban J connectivity index is 1.95. The van der Waals surface area contributed by atoms with Gasteiger partial charge >= 0.3 is 5.97 Å². The molecule has 2 atom stereocenters. The van der Waals surface area contributed by atoms with Crippen molar-refractivity contribution in [3.63, 3.8) is 0 Å². The van der Waals surface area contributed by atoms with Crippen LogP contribution in [0.5, 0.6) is 0 Å². The maximum atomic E-state index is 12.0. The lowest BCUT2D eigenvalue weighted by Crippen LogP contribution is -2.49. The predicted molar refractivity (Wildman–Crippen MR) is 58.1 cm³/mol. The highest BCUT2D eigenvalue weighted by molar-refractivity contribution is 5.91. The molecule has 0 bridgehead atoms. The van der Waals surface area contributed by atoms with Crippen molar-refractivity contribution in [2.24, 2.45) is 5.92 Å². The summed E-state index contributed by atoms with van der Waals surface area (Å²) in [7, 11) is 0. The standard InChI is InChI=1S/C11H16N2O4/c14-9-4-3-8(12-9)10(15)13-5-1-2-7(6-13)11(16)17/h7-8H,1-6H2,(H,12,14)(H,16,17)/t7-,8?/m1/s1. The number of carboxylic acid groups (broad SMARTS) is 1. The van der Waals surface area contributed by atoms with E-state index in [9.17, 15) is 14.4 Å². The topological polar surface area (TPSA) is 86.7 Å². The largest absolute Gasteiger partial charge is 0.481 e. The smallest absolute Gasteiger partial charge is 0.308 e. The van der Waals surface area contributed by atoms with Gasteiger partial charge in [-0.05, 0) is 19.3 Å². The van der Waals surface area contributed by atoms with Crippen molar-refractivity contribution < 1.29 is 19.5 Å². The number of amides is 2. The van der Waals surface area contributed by atoms with Gasteiger partial charge in [-0.15, -0.1) is 0 Å². The molecule has 0 aromatic rings. The number of piperidine rings is 1. The van der Waals surface area contributed by atoms with E-state index >= 15 is 0 Å². The van der Waals surface area contributed by atoms with E-state index in [-0.39, 0.29) is 18.4 Å². The second-order valence-corrected chi connectivity index (χ2v) is 4.62. The van der Waals surface area contributed by atoms with Crippen molar-refractivity contribution in [1.82, 2.24) is 10.2 Å². The molecule has 0 aromatic heterocycles. The van der Waals surface area contributed by atoms with Crippen LogP contribution in [0.15, 0.2) is 0 Å². The number of carbonyl (C=O) groups is 3. The molecular formula is C11H16N2O4. The molecule has 2 N–H and O–H groups in total. The molecule has 6 nitrogen and oxygen atoms in total. The van der Waals surface area contributed by atoms with E-state index in [2.05, 4.69) is 5.32 Å². The Morgan fingerprint density at radius 1 is 1.35 bits per heavy atom. The summed E-state index contributed by atoms with van der Waals surface area (Å²) < 4.78 is 0. The van der Waals surface area contributed by atoms with Gasteiger partial charge in [0, 0.05) is 19.5 Å². The second-order valence-electron chi connectivity index (χ2n) is 4.62. The Hall–Kier alpha value is -1.59. The molecule has 2 heterocycles. The molecule has 2 rings (SSSR count). The number of rotatable bonds is 2. The number of aliphatic carboxylic acids is 1. The Bertz CT molecular complexity index is 355. The van der Waals surface area contributed by atoms with Gasteiger partial charge in [-0.1, -0.05) is 0 Å². The first-order valence-electron chi connectivity index (χ1n) is 5.89. The average molecular weight is 240 g/mol. The quantitative estimate of drug-likeness (QED) is 0.687.